The van der Waals surface area contributed by atoms with E-state index in [9.17, 15) is 9.18 Å². The molecule has 0 fully saturated rings. The Kier molecular flexibility index (Phi) is 3.51. The third-order valence-corrected chi connectivity index (χ3v) is 2.86. The number of carbonyl (C=O) groups is 1. The highest BCUT2D eigenvalue weighted by Crippen LogP contribution is 2.20. The van der Waals surface area contributed by atoms with Crippen LogP contribution in [0, 0.1) is 5.82 Å². The van der Waals surface area contributed by atoms with E-state index in [0.29, 0.717) is 17.0 Å². The molecule has 1 N–H and O–H groups in total. The van der Waals surface area contributed by atoms with E-state index in [-0.39, 0.29) is 24.0 Å². The maximum absolute atomic E-state index is 12.8. The van der Waals surface area contributed by atoms with Crippen molar-refractivity contribution in [3.63, 3.8) is 0 Å². The lowest BCUT2D eigenvalue weighted by Gasteiger charge is -1.98. The standard InChI is InChI=1S/C15H11FN2O3/c16-11-5-3-10(4-6-11)14-8-12(18-21-14)9-17-15(19)13-2-1-7-20-13/h1-8H,9H2,(H,17,19). The highest BCUT2D eigenvalue weighted by Gasteiger charge is 2.11. The summed E-state index contributed by atoms with van der Waals surface area (Å²) in [6.07, 6.45) is 1.43. The molecule has 0 unspecified atom stereocenters. The lowest BCUT2D eigenvalue weighted by molar-refractivity contribution is 0.0922. The number of nitrogens with one attached hydrogen (secondary N) is 1. The van der Waals surface area contributed by atoms with Gasteiger partial charge >= 0.3 is 0 Å². The summed E-state index contributed by atoms with van der Waals surface area (Å²) in [6.45, 7) is 0.213. The van der Waals surface area contributed by atoms with Gasteiger partial charge in [0.05, 0.1) is 12.8 Å². The first kappa shape index (κ1) is 13.1. The highest BCUT2D eigenvalue weighted by molar-refractivity contribution is 5.91. The van der Waals surface area contributed by atoms with Crippen molar-refractivity contribution in [2.75, 3.05) is 0 Å². The van der Waals surface area contributed by atoms with Gasteiger partial charge in [0, 0.05) is 11.6 Å². The Bertz CT molecular complexity index is 733. The minimum Gasteiger partial charge on any atom is -0.459 e. The molecule has 3 aromatic rings. The van der Waals surface area contributed by atoms with Crippen LogP contribution in [0.25, 0.3) is 11.3 Å². The number of carbonyl (C=O) groups excluding carboxylic acids is 1. The average molecular weight is 286 g/mol. The van der Waals surface area contributed by atoms with Crippen molar-refractivity contribution in [3.8, 4) is 11.3 Å². The number of halogens is 1. The second-order valence-corrected chi connectivity index (χ2v) is 4.35. The molecule has 0 radical (unpaired) electrons. The molecule has 5 nitrogen and oxygen atoms in total. The van der Waals surface area contributed by atoms with Gasteiger partial charge in [-0.15, -0.1) is 0 Å². The number of furan rings is 1. The summed E-state index contributed by atoms with van der Waals surface area (Å²) in [6, 6.07) is 10.8. The van der Waals surface area contributed by atoms with E-state index in [0.717, 1.165) is 0 Å². The number of hydrogen-bond donors (Lipinski definition) is 1. The zero-order valence-electron chi connectivity index (χ0n) is 10.9. The van der Waals surface area contributed by atoms with Gasteiger partial charge < -0.3 is 14.3 Å². The molecule has 0 aliphatic heterocycles. The van der Waals surface area contributed by atoms with Gasteiger partial charge in [0.1, 0.15) is 11.5 Å². The first-order valence-electron chi connectivity index (χ1n) is 6.25. The summed E-state index contributed by atoms with van der Waals surface area (Å²) < 4.78 is 23.0. The van der Waals surface area contributed by atoms with Crippen LogP contribution in [0.5, 0.6) is 0 Å². The molecule has 21 heavy (non-hydrogen) atoms. The Morgan fingerprint density at radius 2 is 2.05 bits per heavy atom. The number of aromatic nitrogens is 1. The lowest BCUT2D eigenvalue weighted by Crippen LogP contribution is -2.22. The Morgan fingerprint density at radius 1 is 1.24 bits per heavy atom. The topological polar surface area (TPSA) is 68.3 Å². The van der Waals surface area contributed by atoms with E-state index >= 15 is 0 Å². The van der Waals surface area contributed by atoms with E-state index in [1.165, 1.54) is 18.4 Å². The van der Waals surface area contributed by atoms with E-state index < -0.39 is 0 Å². The second-order valence-electron chi connectivity index (χ2n) is 4.35. The van der Waals surface area contributed by atoms with Crippen LogP contribution < -0.4 is 5.32 Å². The van der Waals surface area contributed by atoms with Crippen molar-refractivity contribution >= 4 is 5.91 Å². The average Bonchev–Trinajstić information content (AvgIpc) is 3.17. The van der Waals surface area contributed by atoms with Crippen molar-refractivity contribution in [1.29, 1.82) is 0 Å². The molecule has 0 bridgehead atoms. The molecule has 0 spiro atoms. The van der Waals surface area contributed by atoms with Crippen LogP contribution >= 0.6 is 0 Å². The predicted octanol–water partition coefficient (Wildman–Crippen LogP) is 3.00. The summed E-state index contributed by atoms with van der Waals surface area (Å²) in [5.41, 5.74) is 1.28. The van der Waals surface area contributed by atoms with Gasteiger partial charge in [-0.3, -0.25) is 4.79 Å². The largest absolute Gasteiger partial charge is 0.459 e. The summed E-state index contributed by atoms with van der Waals surface area (Å²) in [4.78, 5) is 11.7. The minimum atomic E-state index is -0.327. The molecule has 1 aromatic carbocycles. The number of nitrogens with zero attached hydrogens (tertiary/aromatic N) is 1. The summed E-state index contributed by atoms with van der Waals surface area (Å²) >= 11 is 0. The number of amides is 1. The number of hydrogen-bond acceptors (Lipinski definition) is 4. The first-order valence-corrected chi connectivity index (χ1v) is 6.25. The molecule has 0 atom stereocenters. The van der Waals surface area contributed by atoms with Crippen molar-refractivity contribution < 1.29 is 18.1 Å². The molecule has 2 heterocycles. The molecule has 2 aromatic heterocycles. The normalized spacial score (nSPS) is 10.5. The van der Waals surface area contributed by atoms with Crippen molar-refractivity contribution in [2.24, 2.45) is 0 Å². The fourth-order valence-electron chi connectivity index (χ4n) is 1.81. The molecule has 3 rings (SSSR count). The summed E-state index contributed by atoms with van der Waals surface area (Å²) in [7, 11) is 0. The van der Waals surface area contributed by atoms with Gasteiger partial charge in [0.2, 0.25) is 0 Å². The Labute approximate surface area is 119 Å². The molecular weight excluding hydrogens is 275 g/mol. The number of rotatable bonds is 4. The SMILES string of the molecule is O=C(NCc1cc(-c2ccc(F)cc2)on1)c1ccco1. The molecule has 0 aliphatic rings. The zero-order chi connectivity index (χ0) is 14.7. The van der Waals surface area contributed by atoms with Crippen LogP contribution in [-0.4, -0.2) is 11.1 Å². The first-order chi connectivity index (χ1) is 10.2. The van der Waals surface area contributed by atoms with Crippen LogP contribution in [-0.2, 0) is 6.54 Å². The molecule has 0 saturated carbocycles. The quantitative estimate of drug-likeness (QED) is 0.800. The fourth-order valence-corrected chi connectivity index (χ4v) is 1.81. The Morgan fingerprint density at radius 3 is 2.76 bits per heavy atom. The van der Waals surface area contributed by atoms with E-state index in [1.807, 2.05) is 0 Å². The molecule has 0 aliphatic carbocycles. The van der Waals surface area contributed by atoms with Gasteiger partial charge in [0.15, 0.2) is 11.5 Å². The molecular formula is C15H11FN2O3. The van der Waals surface area contributed by atoms with Crippen molar-refractivity contribution in [3.05, 3.63) is 66.0 Å². The summed E-state index contributed by atoms with van der Waals surface area (Å²) in [5, 5.41) is 6.51. The zero-order valence-corrected chi connectivity index (χ0v) is 10.9. The minimum absolute atomic E-state index is 0.213. The fraction of sp³-hybridized carbons (Fsp3) is 0.0667. The van der Waals surface area contributed by atoms with Gasteiger partial charge in [-0.05, 0) is 36.4 Å². The van der Waals surface area contributed by atoms with Gasteiger partial charge in [-0.2, -0.15) is 0 Å². The molecule has 1 amide bonds. The van der Waals surface area contributed by atoms with Gasteiger partial charge in [-0.1, -0.05) is 5.16 Å². The third kappa shape index (κ3) is 3.00. The lowest BCUT2D eigenvalue weighted by atomic mass is 10.1. The van der Waals surface area contributed by atoms with Crippen LogP contribution in [0.2, 0.25) is 0 Å². The molecule has 106 valence electrons. The maximum Gasteiger partial charge on any atom is 0.287 e. The van der Waals surface area contributed by atoms with Crippen LogP contribution in [0.3, 0.4) is 0 Å². The third-order valence-electron chi connectivity index (χ3n) is 2.86. The number of benzene rings is 1. The van der Waals surface area contributed by atoms with Crippen LogP contribution in [0.1, 0.15) is 16.2 Å². The Hall–Kier alpha value is -2.89. The monoisotopic (exact) mass is 286 g/mol. The van der Waals surface area contributed by atoms with Crippen molar-refractivity contribution in [2.45, 2.75) is 6.54 Å². The van der Waals surface area contributed by atoms with E-state index in [2.05, 4.69) is 10.5 Å². The molecule has 0 saturated heterocycles. The van der Waals surface area contributed by atoms with Crippen LogP contribution in [0.15, 0.2) is 57.7 Å². The Balaban J connectivity index is 1.65. The van der Waals surface area contributed by atoms with Gasteiger partial charge in [-0.25, -0.2) is 4.39 Å². The van der Waals surface area contributed by atoms with Crippen molar-refractivity contribution in [1.82, 2.24) is 10.5 Å². The van der Waals surface area contributed by atoms with Crippen LogP contribution in [0.4, 0.5) is 4.39 Å². The smallest absolute Gasteiger partial charge is 0.287 e. The molecule has 6 heteroatoms. The van der Waals surface area contributed by atoms with Gasteiger partial charge in [0.25, 0.3) is 5.91 Å². The van der Waals surface area contributed by atoms with E-state index in [1.54, 1.807) is 30.3 Å². The predicted molar refractivity (Wildman–Crippen MR) is 71.8 cm³/mol. The second kappa shape index (κ2) is 5.62. The highest BCUT2D eigenvalue weighted by atomic mass is 19.1. The van der Waals surface area contributed by atoms with E-state index in [4.69, 9.17) is 8.94 Å². The summed E-state index contributed by atoms with van der Waals surface area (Å²) in [5.74, 6) is 0.102. The maximum atomic E-state index is 12.8.